The van der Waals surface area contributed by atoms with Crippen LogP contribution in [0.1, 0.15) is 11.1 Å². The maximum Gasteiger partial charge on any atom is 0.418 e. The molecule has 0 aliphatic rings. The molecule has 0 fully saturated rings. The van der Waals surface area contributed by atoms with Gasteiger partial charge in [-0.25, -0.2) is 0 Å². The molecule has 0 bridgehead atoms. The van der Waals surface area contributed by atoms with Crippen molar-refractivity contribution in [1.82, 2.24) is 0 Å². The molecule has 2 aromatic carbocycles. The first-order valence-corrected chi connectivity index (χ1v) is 7.22. The highest BCUT2D eigenvalue weighted by atomic mass is 19.4. The summed E-state index contributed by atoms with van der Waals surface area (Å²) in [5, 5.41) is 14.0. The van der Waals surface area contributed by atoms with E-state index in [1.54, 1.807) is 18.2 Å². The molecule has 2 rings (SSSR count). The third kappa shape index (κ3) is 4.85. The quantitative estimate of drug-likeness (QED) is 0.635. The summed E-state index contributed by atoms with van der Waals surface area (Å²) in [6, 6.07) is 13.4. The van der Waals surface area contributed by atoms with Crippen molar-refractivity contribution in [3.05, 3.63) is 71.4 Å². The number of hydrogen-bond donors (Lipinski definition) is 2. The summed E-state index contributed by atoms with van der Waals surface area (Å²) in [7, 11) is 0. The number of rotatable bonds is 4. The van der Waals surface area contributed by atoms with Gasteiger partial charge in [-0.3, -0.25) is 4.79 Å². The number of amides is 1. The number of halogens is 3. The standard InChI is InChI=1S/C18H14F3N3O/c1-12-6-8-14(9-7-12)23-11-13(10-22)17(25)24-16-5-3-2-4-15(16)18(19,20)21/h2-9,11,23H,1H3,(H,24,25)/b13-11-. The van der Waals surface area contributed by atoms with E-state index in [2.05, 4.69) is 10.6 Å². The monoisotopic (exact) mass is 345 g/mol. The predicted octanol–water partition coefficient (Wildman–Crippen LogP) is 4.47. The molecule has 0 heterocycles. The first kappa shape index (κ1) is 18.1. The molecule has 0 saturated carbocycles. The van der Waals surface area contributed by atoms with Crippen LogP contribution in [0.3, 0.4) is 0 Å². The van der Waals surface area contributed by atoms with Gasteiger partial charge in [-0.2, -0.15) is 18.4 Å². The molecule has 0 radical (unpaired) electrons. The maximum absolute atomic E-state index is 12.9. The number of benzene rings is 2. The molecule has 0 aromatic heterocycles. The van der Waals surface area contributed by atoms with Crippen LogP contribution in [0, 0.1) is 18.3 Å². The molecule has 0 spiro atoms. The summed E-state index contributed by atoms with van der Waals surface area (Å²) >= 11 is 0. The van der Waals surface area contributed by atoms with E-state index in [4.69, 9.17) is 5.26 Å². The topological polar surface area (TPSA) is 64.9 Å². The molecule has 128 valence electrons. The molecule has 4 nitrogen and oxygen atoms in total. The first-order valence-electron chi connectivity index (χ1n) is 7.22. The molecule has 2 N–H and O–H groups in total. The number of alkyl halides is 3. The van der Waals surface area contributed by atoms with Crippen LogP contribution in [-0.2, 0) is 11.0 Å². The van der Waals surface area contributed by atoms with Crippen LogP contribution < -0.4 is 10.6 Å². The number of carbonyl (C=O) groups is 1. The zero-order chi connectivity index (χ0) is 18.4. The average Bonchev–Trinajstić information content (AvgIpc) is 2.56. The lowest BCUT2D eigenvalue weighted by Crippen LogP contribution is -2.18. The smallest absolute Gasteiger partial charge is 0.360 e. The lowest BCUT2D eigenvalue weighted by molar-refractivity contribution is -0.137. The Bertz CT molecular complexity index is 834. The molecule has 7 heteroatoms. The van der Waals surface area contributed by atoms with E-state index in [0.717, 1.165) is 23.9 Å². The van der Waals surface area contributed by atoms with Gasteiger partial charge >= 0.3 is 6.18 Å². The maximum atomic E-state index is 12.9. The molecule has 25 heavy (non-hydrogen) atoms. The van der Waals surface area contributed by atoms with Gasteiger partial charge < -0.3 is 10.6 Å². The van der Waals surface area contributed by atoms with E-state index in [1.165, 1.54) is 12.1 Å². The minimum absolute atomic E-state index is 0.349. The fourth-order valence-electron chi connectivity index (χ4n) is 1.98. The van der Waals surface area contributed by atoms with Crippen molar-refractivity contribution in [1.29, 1.82) is 5.26 Å². The molecular formula is C18H14F3N3O. The number of nitrogens with one attached hydrogen (secondary N) is 2. The summed E-state index contributed by atoms with van der Waals surface area (Å²) in [6.07, 6.45) is -3.46. The number of aryl methyl sites for hydroxylation is 1. The van der Waals surface area contributed by atoms with E-state index >= 15 is 0 Å². The van der Waals surface area contributed by atoms with E-state index < -0.39 is 23.3 Å². The van der Waals surface area contributed by atoms with Gasteiger partial charge in [0.05, 0.1) is 11.3 Å². The summed E-state index contributed by atoms with van der Waals surface area (Å²) in [6.45, 7) is 1.91. The Morgan fingerprint density at radius 2 is 1.76 bits per heavy atom. The zero-order valence-corrected chi connectivity index (χ0v) is 13.2. The Balaban J connectivity index is 2.17. The number of hydrogen-bond acceptors (Lipinski definition) is 3. The molecule has 0 unspecified atom stereocenters. The van der Waals surface area contributed by atoms with Crippen molar-refractivity contribution in [3.63, 3.8) is 0 Å². The highest BCUT2D eigenvalue weighted by molar-refractivity contribution is 6.07. The van der Waals surface area contributed by atoms with Crippen LogP contribution in [-0.4, -0.2) is 5.91 Å². The first-order chi connectivity index (χ1) is 11.8. The summed E-state index contributed by atoms with van der Waals surface area (Å²) in [4.78, 5) is 12.1. The highest BCUT2D eigenvalue weighted by Gasteiger charge is 2.33. The van der Waals surface area contributed by atoms with E-state index in [9.17, 15) is 18.0 Å². The number of anilines is 2. The Morgan fingerprint density at radius 3 is 2.36 bits per heavy atom. The fraction of sp³-hybridized carbons (Fsp3) is 0.111. The second-order valence-electron chi connectivity index (χ2n) is 5.18. The van der Waals surface area contributed by atoms with Crippen molar-refractivity contribution >= 4 is 17.3 Å². The average molecular weight is 345 g/mol. The third-order valence-corrected chi connectivity index (χ3v) is 3.28. The molecule has 0 aliphatic heterocycles. The SMILES string of the molecule is Cc1ccc(N/C=C(/C#N)C(=O)Nc2ccccc2C(F)(F)F)cc1. The summed E-state index contributed by atoms with van der Waals surface area (Å²) < 4.78 is 38.8. The molecule has 2 aromatic rings. The Morgan fingerprint density at radius 1 is 1.12 bits per heavy atom. The Labute approximate surface area is 142 Å². The van der Waals surface area contributed by atoms with Crippen LogP contribution in [0.4, 0.5) is 24.5 Å². The van der Waals surface area contributed by atoms with E-state index in [-0.39, 0.29) is 5.57 Å². The Kier molecular flexibility index (Phi) is 5.45. The van der Waals surface area contributed by atoms with Crippen molar-refractivity contribution in [2.24, 2.45) is 0 Å². The highest BCUT2D eigenvalue weighted by Crippen LogP contribution is 2.34. The van der Waals surface area contributed by atoms with Crippen molar-refractivity contribution < 1.29 is 18.0 Å². The minimum Gasteiger partial charge on any atom is -0.360 e. The normalized spacial score (nSPS) is 11.6. The fourth-order valence-corrected chi connectivity index (χ4v) is 1.98. The van der Waals surface area contributed by atoms with Gasteiger partial charge in [0, 0.05) is 11.9 Å². The van der Waals surface area contributed by atoms with Crippen LogP contribution in [0.25, 0.3) is 0 Å². The minimum atomic E-state index is -4.61. The van der Waals surface area contributed by atoms with Crippen LogP contribution in [0.2, 0.25) is 0 Å². The molecule has 1 amide bonds. The van der Waals surface area contributed by atoms with Gasteiger partial charge in [-0.15, -0.1) is 0 Å². The molecule has 0 saturated heterocycles. The number of nitrogens with zero attached hydrogens (tertiary/aromatic N) is 1. The second-order valence-corrected chi connectivity index (χ2v) is 5.18. The largest absolute Gasteiger partial charge is 0.418 e. The summed E-state index contributed by atoms with van der Waals surface area (Å²) in [5.74, 6) is -0.932. The van der Waals surface area contributed by atoms with Crippen molar-refractivity contribution in [2.45, 2.75) is 13.1 Å². The van der Waals surface area contributed by atoms with Crippen molar-refractivity contribution in [3.8, 4) is 6.07 Å². The number of nitriles is 1. The number of carbonyl (C=O) groups excluding carboxylic acids is 1. The van der Waals surface area contributed by atoms with Crippen LogP contribution in [0.15, 0.2) is 60.3 Å². The van der Waals surface area contributed by atoms with Gasteiger partial charge in [-0.1, -0.05) is 29.8 Å². The summed E-state index contributed by atoms with van der Waals surface area (Å²) in [5.41, 5.74) is -0.0560. The lowest BCUT2D eigenvalue weighted by Gasteiger charge is -2.13. The molecular weight excluding hydrogens is 331 g/mol. The van der Waals surface area contributed by atoms with Gasteiger partial charge in [0.15, 0.2) is 0 Å². The van der Waals surface area contributed by atoms with Crippen molar-refractivity contribution in [2.75, 3.05) is 10.6 Å². The van der Waals surface area contributed by atoms with Gasteiger partial charge in [-0.05, 0) is 31.2 Å². The van der Waals surface area contributed by atoms with Crippen LogP contribution in [0.5, 0.6) is 0 Å². The van der Waals surface area contributed by atoms with E-state index in [0.29, 0.717) is 5.69 Å². The zero-order valence-electron chi connectivity index (χ0n) is 13.2. The molecule has 0 atom stereocenters. The lowest BCUT2D eigenvalue weighted by atomic mass is 10.1. The van der Waals surface area contributed by atoms with Gasteiger partial charge in [0.25, 0.3) is 5.91 Å². The van der Waals surface area contributed by atoms with Gasteiger partial charge in [0.1, 0.15) is 11.6 Å². The second kappa shape index (κ2) is 7.53. The Hall–Kier alpha value is -3.27. The molecule has 0 aliphatic carbocycles. The number of para-hydroxylation sites is 1. The predicted molar refractivity (Wildman–Crippen MR) is 88.6 cm³/mol. The van der Waals surface area contributed by atoms with Gasteiger partial charge in [0.2, 0.25) is 0 Å². The van der Waals surface area contributed by atoms with Crippen LogP contribution >= 0.6 is 0 Å². The third-order valence-electron chi connectivity index (χ3n) is 3.28. The van der Waals surface area contributed by atoms with E-state index in [1.807, 2.05) is 19.1 Å².